The Morgan fingerprint density at radius 2 is 2.24 bits per heavy atom. The number of nitrogens with one attached hydrogen (secondary N) is 1. The molecule has 17 heavy (non-hydrogen) atoms. The summed E-state index contributed by atoms with van der Waals surface area (Å²) in [5.74, 6) is 0. The smallest absolute Gasteiger partial charge is 0.322 e. The van der Waals surface area contributed by atoms with Gasteiger partial charge in [0.2, 0.25) is 0 Å². The van der Waals surface area contributed by atoms with Gasteiger partial charge in [0.25, 0.3) is 0 Å². The number of anilines is 1. The third-order valence-corrected chi connectivity index (χ3v) is 3.27. The van der Waals surface area contributed by atoms with Crippen molar-refractivity contribution in [2.45, 2.75) is 39.2 Å². The highest BCUT2D eigenvalue weighted by molar-refractivity contribution is 5.93. The van der Waals surface area contributed by atoms with Gasteiger partial charge >= 0.3 is 6.03 Å². The monoisotopic (exact) mass is 232 g/mol. The summed E-state index contributed by atoms with van der Waals surface area (Å²) in [6.07, 6.45) is 3.07. The van der Waals surface area contributed by atoms with Crippen LogP contribution in [0.15, 0.2) is 24.3 Å². The molecule has 0 aliphatic carbocycles. The second-order valence-electron chi connectivity index (χ2n) is 4.62. The first-order chi connectivity index (χ1) is 8.24. The normalized spacial score (nSPS) is 18.7. The van der Waals surface area contributed by atoms with Crippen molar-refractivity contribution >= 4 is 11.7 Å². The first-order valence-corrected chi connectivity index (χ1v) is 6.39. The van der Waals surface area contributed by atoms with E-state index in [1.807, 2.05) is 23.1 Å². The summed E-state index contributed by atoms with van der Waals surface area (Å²) >= 11 is 0. The average Bonchev–Trinajstić information content (AvgIpc) is 2.35. The Hall–Kier alpha value is -1.51. The Balaban J connectivity index is 2.23. The SMILES string of the molecule is CCCNC(=O)N1c2ccccc2CCC1C. The number of aryl methyl sites for hydroxylation is 1. The van der Waals surface area contributed by atoms with Crippen LogP contribution in [0.3, 0.4) is 0 Å². The predicted molar refractivity (Wildman–Crippen MR) is 70.4 cm³/mol. The van der Waals surface area contributed by atoms with Gasteiger partial charge in [-0.05, 0) is 37.8 Å². The number of hydrogen-bond acceptors (Lipinski definition) is 1. The zero-order valence-electron chi connectivity index (χ0n) is 10.6. The van der Waals surface area contributed by atoms with Crippen LogP contribution >= 0.6 is 0 Å². The van der Waals surface area contributed by atoms with E-state index >= 15 is 0 Å². The van der Waals surface area contributed by atoms with Crippen molar-refractivity contribution in [3.8, 4) is 0 Å². The first kappa shape index (κ1) is 12.0. The van der Waals surface area contributed by atoms with Crippen LogP contribution in [0.25, 0.3) is 0 Å². The highest BCUT2D eigenvalue weighted by Gasteiger charge is 2.27. The number of fused-ring (bicyclic) bond motifs is 1. The molecule has 1 N–H and O–H groups in total. The lowest BCUT2D eigenvalue weighted by molar-refractivity contribution is 0.243. The van der Waals surface area contributed by atoms with Gasteiger partial charge in [-0.25, -0.2) is 4.79 Å². The van der Waals surface area contributed by atoms with Gasteiger partial charge < -0.3 is 5.32 Å². The molecular weight excluding hydrogens is 212 g/mol. The quantitative estimate of drug-likeness (QED) is 0.835. The highest BCUT2D eigenvalue weighted by Crippen LogP contribution is 2.30. The van der Waals surface area contributed by atoms with Crippen LogP contribution < -0.4 is 10.2 Å². The van der Waals surface area contributed by atoms with Crippen LogP contribution in [-0.2, 0) is 6.42 Å². The molecule has 0 fully saturated rings. The lowest BCUT2D eigenvalue weighted by Gasteiger charge is -2.35. The number of para-hydroxylation sites is 1. The van der Waals surface area contributed by atoms with E-state index in [-0.39, 0.29) is 12.1 Å². The van der Waals surface area contributed by atoms with Gasteiger partial charge in [0.05, 0.1) is 0 Å². The molecular formula is C14H20N2O. The van der Waals surface area contributed by atoms with Crippen molar-refractivity contribution in [3.05, 3.63) is 29.8 Å². The summed E-state index contributed by atoms with van der Waals surface area (Å²) in [4.78, 5) is 14.0. The molecule has 92 valence electrons. The molecule has 1 unspecified atom stereocenters. The minimum Gasteiger partial charge on any atom is -0.338 e. The topological polar surface area (TPSA) is 32.3 Å². The van der Waals surface area contributed by atoms with Crippen molar-refractivity contribution in [2.75, 3.05) is 11.4 Å². The lowest BCUT2D eigenvalue weighted by Crippen LogP contribution is -2.47. The Labute approximate surface area is 103 Å². The summed E-state index contributed by atoms with van der Waals surface area (Å²) in [7, 11) is 0. The van der Waals surface area contributed by atoms with Gasteiger partial charge in [-0.1, -0.05) is 25.1 Å². The molecule has 1 aliphatic heterocycles. The van der Waals surface area contributed by atoms with Crippen molar-refractivity contribution in [1.82, 2.24) is 5.32 Å². The van der Waals surface area contributed by atoms with Crippen LogP contribution in [0.5, 0.6) is 0 Å². The minimum absolute atomic E-state index is 0.0338. The van der Waals surface area contributed by atoms with Crippen LogP contribution in [0.4, 0.5) is 10.5 Å². The third kappa shape index (κ3) is 2.43. The Kier molecular flexibility index (Phi) is 3.67. The summed E-state index contributed by atoms with van der Waals surface area (Å²) in [5, 5.41) is 2.96. The average molecular weight is 232 g/mol. The van der Waals surface area contributed by atoms with Gasteiger partial charge in [0.1, 0.15) is 0 Å². The van der Waals surface area contributed by atoms with Crippen LogP contribution in [0.1, 0.15) is 32.3 Å². The van der Waals surface area contributed by atoms with E-state index in [0.29, 0.717) is 0 Å². The molecule has 2 rings (SSSR count). The summed E-state index contributed by atoms with van der Waals surface area (Å²) in [5.41, 5.74) is 2.34. The van der Waals surface area contributed by atoms with Gasteiger partial charge in [-0.15, -0.1) is 0 Å². The fourth-order valence-corrected chi connectivity index (χ4v) is 2.31. The minimum atomic E-state index is 0.0338. The largest absolute Gasteiger partial charge is 0.338 e. The summed E-state index contributed by atoms with van der Waals surface area (Å²) in [6, 6.07) is 8.50. The fraction of sp³-hybridized carbons (Fsp3) is 0.500. The van der Waals surface area contributed by atoms with E-state index in [1.54, 1.807) is 0 Å². The van der Waals surface area contributed by atoms with E-state index in [2.05, 4.69) is 25.2 Å². The number of rotatable bonds is 2. The van der Waals surface area contributed by atoms with E-state index in [9.17, 15) is 4.79 Å². The second-order valence-corrected chi connectivity index (χ2v) is 4.62. The number of amides is 2. The van der Waals surface area contributed by atoms with Crippen molar-refractivity contribution < 1.29 is 4.79 Å². The van der Waals surface area contributed by atoms with Gasteiger partial charge in [0.15, 0.2) is 0 Å². The molecule has 0 bridgehead atoms. The van der Waals surface area contributed by atoms with E-state index < -0.39 is 0 Å². The molecule has 0 saturated carbocycles. The molecule has 0 radical (unpaired) electrons. The maximum Gasteiger partial charge on any atom is 0.322 e. The summed E-state index contributed by atoms with van der Waals surface area (Å²) < 4.78 is 0. The van der Waals surface area contributed by atoms with E-state index in [1.165, 1.54) is 5.56 Å². The zero-order valence-corrected chi connectivity index (χ0v) is 10.6. The number of urea groups is 1. The van der Waals surface area contributed by atoms with Gasteiger partial charge in [0, 0.05) is 18.3 Å². The lowest BCUT2D eigenvalue weighted by atomic mass is 9.97. The van der Waals surface area contributed by atoms with Gasteiger partial charge in [-0.3, -0.25) is 4.90 Å². The predicted octanol–water partition coefficient (Wildman–Crippen LogP) is 2.95. The Morgan fingerprint density at radius 1 is 1.47 bits per heavy atom. The molecule has 1 aliphatic rings. The molecule has 1 atom stereocenters. The third-order valence-electron chi connectivity index (χ3n) is 3.27. The van der Waals surface area contributed by atoms with Crippen LogP contribution in [-0.4, -0.2) is 18.6 Å². The molecule has 0 saturated heterocycles. The Morgan fingerprint density at radius 3 is 3.00 bits per heavy atom. The molecule has 0 spiro atoms. The zero-order chi connectivity index (χ0) is 12.3. The highest BCUT2D eigenvalue weighted by atomic mass is 16.2. The van der Waals surface area contributed by atoms with Gasteiger partial charge in [-0.2, -0.15) is 0 Å². The number of carbonyl (C=O) groups is 1. The van der Waals surface area contributed by atoms with E-state index in [4.69, 9.17) is 0 Å². The molecule has 1 heterocycles. The van der Waals surface area contributed by atoms with Crippen LogP contribution in [0.2, 0.25) is 0 Å². The second kappa shape index (κ2) is 5.21. The van der Waals surface area contributed by atoms with Crippen molar-refractivity contribution in [2.24, 2.45) is 0 Å². The fourth-order valence-electron chi connectivity index (χ4n) is 2.31. The maximum atomic E-state index is 12.1. The molecule has 1 aromatic rings. The number of carbonyl (C=O) groups excluding carboxylic acids is 1. The molecule has 0 aromatic heterocycles. The maximum absolute atomic E-state index is 12.1. The van der Waals surface area contributed by atoms with Crippen molar-refractivity contribution in [3.63, 3.8) is 0 Å². The number of nitrogens with zero attached hydrogens (tertiary/aromatic N) is 1. The molecule has 2 amide bonds. The van der Waals surface area contributed by atoms with Crippen molar-refractivity contribution in [1.29, 1.82) is 0 Å². The van der Waals surface area contributed by atoms with Crippen LogP contribution in [0, 0.1) is 0 Å². The van der Waals surface area contributed by atoms with E-state index in [0.717, 1.165) is 31.5 Å². The Bertz CT molecular complexity index is 403. The molecule has 3 heteroatoms. The first-order valence-electron chi connectivity index (χ1n) is 6.39. The number of benzene rings is 1. The molecule has 3 nitrogen and oxygen atoms in total. The summed E-state index contributed by atoms with van der Waals surface area (Å²) in [6.45, 7) is 4.92. The standard InChI is InChI=1S/C14H20N2O/c1-3-10-15-14(17)16-11(2)8-9-12-6-4-5-7-13(12)16/h4-7,11H,3,8-10H2,1-2H3,(H,15,17). The number of hydrogen-bond donors (Lipinski definition) is 1. The molecule has 1 aromatic carbocycles.